The smallest absolute Gasteiger partial charge is 0.246 e. The number of benzene rings is 2. The number of carbonyl (C=O) groups is 2. The molecule has 0 radical (unpaired) electrons. The Labute approximate surface area is 178 Å². The van der Waals surface area contributed by atoms with Crippen LogP contribution in [0.2, 0.25) is 0 Å². The Morgan fingerprint density at radius 3 is 2.52 bits per heavy atom. The molecule has 0 saturated carbocycles. The zero-order chi connectivity index (χ0) is 21.5. The van der Waals surface area contributed by atoms with Crippen LogP contribution in [0.5, 0.6) is 23.0 Å². The molecule has 2 aromatic rings. The summed E-state index contributed by atoms with van der Waals surface area (Å²) in [5.74, 6) is 1.97. The molecule has 9 nitrogen and oxygen atoms in total. The van der Waals surface area contributed by atoms with Gasteiger partial charge in [0, 0.05) is 19.8 Å². The molecule has 9 heteroatoms. The molecule has 5 rings (SSSR count). The molecule has 160 valence electrons. The van der Waals surface area contributed by atoms with E-state index in [9.17, 15) is 9.59 Å². The number of nitrogens with one attached hydrogen (secondary N) is 3. The zero-order valence-corrected chi connectivity index (χ0v) is 17.0. The zero-order valence-electron chi connectivity index (χ0n) is 17.0. The van der Waals surface area contributed by atoms with Crippen molar-refractivity contribution >= 4 is 23.1 Å². The molecule has 0 saturated heterocycles. The van der Waals surface area contributed by atoms with Crippen molar-refractivity contribution in [1.82, 2.24) is 10.6 Å². The summed E-state index contributed by atoms with van der Waals surface area (Å²) in [4.78, 5) is 25.3. The van der Waals surface area contributed by atoms with Crippen molar-refractivity contribution in [3.8, 4) is 23.0 Å². The topological polar surface area (TPSA) is 107 Å². The van der Waals surface area contributed by atoms with Crippen molar-refractivity contribution in [1.29, 1.82) is 0 Å². The van der Waals surface area contributed by atoms with Crippen molar-refractivity contribution in [3.63, 3.8) is 0 Å². The van der Waals surface area contributed by atoms with Gasteiger partial charge in [-0.15, -0.1) is 0 Å². The number of anilines is 1. The van der Waals surface area contributed by atoms with Gasteiger partial charge in [0.1, 0.15) is 6.04 Å². The van der Waals surface area contributed by atoms with Crippen LogP contribution in [0.3, 0.4) is 0 Å². The molecule has 3 aliphatic rings. The third kappa shape index (κ3) is 3.09. The summed E-state index contributed by atoms with van der Waals surface area (Å²) in [7, 11) is 3.13. The highest BCUT2D eigenvalue weighted by molar-refractivity contribution is 6.03. The van der Waals surface area contributed by atoms with Gasteiger partial charge >= 0.3 is 0 Å². The maximum atomic E-state index is 12.8. The number of carbonyl (C=O) groups excluding carboxylic acids is 2. The molecule has 2 amide bonds. The van der Waals surface area contributed by atoms with E-state index < -0.39 is 6.04 Å². The van der Waals surface area contributed by atoms with E-state index in [0.717, 1.165) is 16.7 Å². The molecular weight excluding hydrogens is 402 g/mol. The van der Waals surface area contributed by atoms with E-state index >= 15 is 0 Å². The monoisotopic (exact) mass is 423 g/mol. The van der Waals surface area contributed by atoms with E-state index in [-0.39, 0.29) is 31.8 Å². The van der Waals surface area contributed by atoms with Crippen LogP contribution in [-0.4, -0.2) is 45.5 Å². The van der Waals surface area contributed by atoms with Crippen LogP contribution < -0.4 is 34.9 Å². The average Bonchev–Trinajstić information content (AvgIpc) is 3.46. The minimum Gasteiger partial charge on any atom is -0.454 e. The van der Waals surface area contributed by atoms with Crippen LogP contribution in [0.15, 0.2) is 35.9 Å². The second kappa shape index (κ2) is 7.42. The fraction of sp³-hybridized carbons (Fsp3) is 0.273. The molecular formula is C22H21N3O6. The van der Waals surface area contributed by atoms with Crippen LogP contribution in [0.1, 0.15) is 17.5 Å². The van der Waals surface area contributed by atoms with E-state index in [1.807, 2.05) is 24.3 Å². The normalized spacial score (nSPS) is 17.7. The number of hydrogen-bond acceptors (Lipinski definition) is 7. The predicted molar refractivity (Wildman–Crippen MR) is 111 cm³/mol. The second-order valence-corrected chi connectivity index (χ2v) is 7.23. The van der Waals surface area contributed by atoms with Crippen molar-refractivity contribution in [2.24, 2.45) is 0 Å². The second-order valence-electron chi connectivity index (χ2n) is 7.23. The Bertz CT molecular complexity index is 1130. The lowest BCUT2D eigenvalue weighted by Gasteiger charge is -2.32. The van der Waals surface area contributed by atoms with Gasteiger partial charge in [-0.3, -0.25) is 9.59 Å². The van der Waals surface area contributed by atoms with Crippen molar-refractivity contribution in [2.75, 3.05) is 33.0 Å². The van der Waals surface area contributed by atoms with Crippen LogP contribution in [-0.2, 0) is 9.59 Å². The molecule has 3 N–H and O–H groups in total. The fourth-order valence-electron chi connectivity index (χ4n) is 4.09. The third-order valence-corrected chi connectivity index (χ3v) is 5.56. The van der Waals surface area contributed by atoms with Gasteiger partial charge < -0.3 is 34.9 Å². The molecule has 0 aromatic heterocycles. The first kappa shape index (κ1) is 19.1. The molecule has 3 heterocycles. The Morgan fingerprint density at radius 1 is 0.968 bits per heavy atom. The highest BCUT2D eigenvalue weighted by atomic mass is 16.7. The fourth-order valence-corrected chi connectivity index (χ4v) is 4.09. The van der Waals surface area contributed by atoms with Crippen LogP contribution >= 0.6 is 0 Å². The van der Waals surface area contributed by atoms with Gasteiger partial charge in [-0.25, -0.2) is 0 Å². The van der Waals surface area contributed by atoms with E-state index in [1.54, 1.807) is 20.2 Å². The van der Waals surface area contributed by atoms with Crippen molar-refractivity contribution in [3.05, 3.63) is 47.0 Å². The molecule has 31 heavy (non-hydrogen) atoms. The average molecular weight is 423 g/mol. The Balaban J connectivity index is 1.79. The summed E-state index contributed by atoms with van der Waals surface area (Å²) in [6, 6.07) is 8.47. The maximum Gasteiger partial charge on any atom is 0.246 e. The highest BCUT2D eigenvalue weighted by Gasteiger charge is 2.37. The summed E-state index contributed by atoms with van der Waals surface area (Å²) in [5.41, 5.74) is 3.59. The minimum atomic E-state index is -0.740. The van der Waals surface area contributed by atoms with E-state index in [1.165, 1.54) is 0 Å². The van der Waals surface area contributed by atoms with Gasteiger partial charge in [-0.1, -0.05) is 6.07 Å². The van der Waals surface area contributed by atoms with Gasteiger partial charge in [0.2, 0.25) is 25.4 Å². The standard InChI is InChI=1S/C22H21N3O6/c1-23-17(26)8-12-18(11-3-5-14-16(7-11)30-9-28-14)19-13(25-20(12)22(27)24-2)4-6-15-21(19)31-10-29-15/h3-7,20,25H,8-10H2,1-2H3,(H,23,26)(H,24,27). The summed E-state index contributed by atoms with van der Waals surface area (Å²) in [6.45, 7) is 0.248. The molecule has 0 aliphatic carbocycles. The first-order chi connectivity index (χ1) is 15.1. The van der Waals surface area contributed by atoms with Gasteiger partial charge in [-0.2, -0.15) is 0 Å². The number of ether oxygens (including phenoxy) is 4. The number of fused-ring (bicyclic) bond motifs is 4. The number of rotatable bonds is 4. The Morgan fingerprint density at radius 2 is 1.71 bits per heavy atom. The predicted octanol–water partition coefficient (Wildman–Crippen LogP) is 1.62. The molecule has 1 unspecified atom stereocenters. The van der Waals surface area contributed by atoms with E-state index in [4.69, 9.17) is 18.9 Å². The largest absolute Gasteiger partial charge is 0.454 e. The molecule has 0 spiro atoms. The number of amides is 2. The minimum absolute atomic E-state index is 0.0231. The van der Waals surface area contributed by atoms with Crippen molar-refractivity contribution < 1.29 is 28.5 Å². The lowest BCUT2D eigenvalue weighted by Crippen LogP contribution is -2.42. The van der Waals surface area contributed by atoms with Crippen LogP contribution in [0.25, 0.3) is 5.57 Å². The number of hydrogen-bond donors (Lipinski definition) is 3. The van der Waals surface area contributed by atoms with Gasteiger partial charge in [-0.05, 0) is 41.0 Å². The molecule has 1 atom stereocenters. The summed E-state index contributed by atoms with van der Waals surface area (Å²) in [5, 5.41) is 8.60. The van der Waals surface area contributed by atoms with Gasteiger partial charge in [0.05, 0.1) is 12.0 Å². The molecule has 0 fully saturated rings. The van der Waals surface area contributed by atoms with Crippen molar-refractivity contribution in [2.45, 2.75) is 12.5 Å². The Hall–Kier alpha value is -3.88. The lowest BCUT2D eigenvalue weighted by molar-refractivity contribution is -0.121. The molecule has 3 aliphatic heterocycles. The third-order valence-electron chi connectivity index (χ3n) is 5.56. The summed E-state index contributed by atoms with van der Waals surface area (Å²) >= 11 is 0. The van der Waals surface area contributed by atoms with E-state index in [2.05, 4.69) is 16.0 Å². The van der Waals surface area contributed by atoms with Gasteiger partial charge in [0.25, 0.3) is 0 Å². The Kier molecular flexibility index (Phi) is 4.58. The molecule has 0 bridgehead atoms. The first-order valence-electron chi connectivity index (χ1n) is 9.85. The lowest BCUT2D eigenvalue weighted by atomic mass is 9.82. The highest BCUT2D eigenvalue weighted by Crippen LogP contribution is 2.50. The van der Waals surface area contributed by atoms with Gasteiger partial charge in [0.15, 0.2) is 23.0 Å². The van der Waals surface area contributed by atoms with Crippen LogP contribution in [0.4, 0.5) is 5.69 Å². The quantitative estimate of drug-likeness (QED) is 0.686. The molecule has 2 aromatic carbocycles. The SMILES string of the molecule is CNC(=O)CC1=C(c2ccc3c(c2)OCO3)c2c(ccc3c2OCO3)NC1C(=O)NC. The maximum absolute atomic E-state index is 12.8. The van der Waals surface area contributed by atoms with Crippen LogP contribution in [0, 0.1) is 0 Å². The summed E-state index contributed by atoms with van der Waals surface area (Å²) in [6.07, 6.45) is 0.0231. The number of likely N-dealkylation sites (N-methyl/N-ethyl adjacent to an activating group) is 1. The van der Waals surface area contributed by atoms with E-state index in [0.29, 0.717) is 34.3 Å². The first-order valence-corrected chi connectivity index (χ1v) is 9.85. The summed E-state index contributed by atoms with van der Waals surface area (Å²) < 4.78 is 22.4.